The predicted octanol–water partition coefficient (Wildman–Crippen LogP) is 5.93. The molecule has 42 heavy (non-hydrogen) atoms. The maximum Gasteiger partial charge on any atom is 0.408 e. The number of ketones is 1. The third-order valence-electron chi connectivity index (χ3n) is 6.43. The molecule has 0 aliphatic rings. The van der Waals surface area contributed by atoms with Gasteiger partial charge >= 0.3 is 6.09 Å². The summed E-state index contributed by atoms with van der Waals surface area (Å²) in [5, 5.41) is 8.68. The monoisotopic (exact) mass is 591 g/mol. The largest absolute Gasteiger partial charge is 0.444 e. The molecule has 1 atom stereocenters. The van der Waals surface area contributed by atoms with E-state index in [1.165, 1.54) is 0 Å². The lowest BCUT2D eigenvalue weighted by Crippen LogP contribution is -2.47. The second-order valence-electron chi connectivity index (χ2n) is 10.7. The number of Topliss-reactive ketones (excluding diaryl/α,β-unsaturated/α-hetero) is 1. The van der Waals surface area contributed by atoms with E-state index in [2.05, 4.69) is 52.3 Å². The number of amides is 2. The van der Waals surface area contributed by atoms with Crippen molar-refractivity contribution in [1.29, 1.82) is 0 Å². The molecule has 3 N–H and O–H groups in total. The molecule has 0 aliphatic carbocycles. The van der Waals surface area contributed by atoms with Crippen LogP contribution in [0.4, 0.5) is 4.79 Å². The molecule has 2 amide bonds. The lowest BCUT2D eigenvalue weighted by molar-refractivity contribution is -0.122. The fourth-order valence-electron chi connectivity index (χ4n) is 4.36. The standard InChI is InChI=1S/C23H23NO.C11H22N2O3S/c1-2-22(25)18-24-23(19-12-6-3-7-13-19,20-14-8-4-9-15-20)21-16-10-5-11-17-21;1-11(2,3)16-10(15)13-8(6-7-17-5)9(14)12-4/h3-17,24H,2,18H2,1H3;8H,6-7H2,1-5H3,(H,12,14)(H,13,15)/t;8-/m.0/s1. The fraction of sp³-hybridized carbons (Fsp3) is 0.382. The van der Waals surface area contributed by atoms with Crippen LogP contribution in [0.3, 0.4) is 0 Å². The van der Waals surface area contributed by atoms with Crippen molar-refractivity contribution in [1.82, 2.24) is 16.0 Å². The summed E-state index contributed by atoms with van der Waals surface area (Å²) in [7, 11) is 1.55. The predicted molar refractivity (Wildman–Crippen MR) is 173 cm³/mol. The Kier molecular flexibility index (Phi) is 14.3. The van der Waals surface area contributed by atoms with Crippen LogP contribution >= 0.6 is 11.8 Å². The average molecular weight is 592 g/mol. The Morgan fingerprint density at radius 3 is 1.62 bits per heavy atom. The number of nitrogens with one attached hydrogen (secondary N) is 3. The van der Waals surface area contributed by atoms with Crippen molar-refractivity contribution in [3.63, 3.8) is 0 Å². The average Bonchev–Trinajstić information content (AvgIpc) is 3.00. The maximum atomic E-state index is 12.1. The van der Waals surface area contributed by atoms with Gasteiger partial charge in [-0.2, -0.15) is 11.8 Å². The van der Waals surface area contributed by atoms with Crippen molar-refractivity contribution < 1.29 is 19.1 Å². The van der Waals surface area contributed by atoms with E-state index in [1.807, 2.05) is 67.8 Å². The third-order valence-corrected chi connectivity index (χ3v) is 7.07. The van der Waals surface area contributed by atoms with Crippen LogP contribution in [0, 0.1) is 0 Å². The van der Waals surface area contributed by atoms with Crippen LogP contribution in [0.25, 0.3) is 0 Å². The first kappa shape index (κ1) is 34.6. The molecule has 0 aromatic heterocycles. The molecule has 0 saturated heterocycles. The minimum atomic E-state index is -0.563. The molecule has 0 radical (unpaired) electrons. The van der Waals surface area contributed by atoms with E-state index in [0.29, 0.717) is 19.4 Å². The van der Waals surface area contributed by atoms with E-state index in [4.69, 9.17) is 4.74 Å². The summed E-state index contributed by atoms with van der Waals surface area (Å²) in [6, 6.07) is 30.4. The number of benzene rings is 3. The first-order valence-electron chi connectivity index (χ1n) is 14.2. The highest BCUT2D eigenvalue weighted by Gasteiger charge is 2.36. The minimum absolute atomic E-state index is 0.201. The van der Waals surface area contributed by atoms with E-state index >= 15 is 0 Å². The lowest BCUT2D eigenvalue weighted by Gasteiger charge is -2.37. The highest BCUT2D eigenvalue weighted by molar-refractivity contribution is 7.98. The number of rotatable bonds is 12. The molecule has 226 valence electrons. The summed E-state index contributed by atoms with van der Waals surface area (Å²) in [5.41, 5.74) is 2.25. The molecule has 0 saturated carbocycles. The number of thioether (sulfide) groups is 1. The molecule has 0 fully saturated rings. The van der Waals surface area contributed by atoms with Crippen LogP contribution < -0.4 is 16.0 Å². The number of carbonyl (C=O) groups excluding carboxylic acids is 3. The Morgan fingerprint density at radius 2 is 1.26 bits per heavy atom. The summed E-state index contributed by atoms with van der Waals surface area (Å²) in [6.07, 6.45) is 2.50. The number of hydrogen-bond acceptors (Lipinski definition) is 6. The Bertz CT molecular complexity index is 1140. The van der Waals surface area contributed by atoms with Crippen molar-refractivity contribution >= 4 is 29.5 Å². The minimum Gasteiger partial charge on any atom is -0.444 e. The molecule has 0 unspecified atom stereocenters. The van der Waals surface area contributed by atoms with Gasteiger partial charge in [-0.15, -0.1) is 0 Å². The molecule has 3 rings (SSSR count). The fourth-order valence-corrected chi connectivity index (χ4v) is 4.83. The summed E-state index contributed by atoms with van der Waals surface area (Å²) >= 11 is 1.63. The first-order valence-corrected chi connectivity index (χ1v) is 15.6. The third kappa shape index (κ3) is 10.7. The van der Waals surface area contributed by atoms with Crippen molar-refractivity contribution in [2.24, 2.45) is 0 Å². The van der Waals surface area contributed by atoms with Gasteiger partial charge in [-0.1, -0.05) is 97.9 Å². The topological polar surface area (TPSA) is 96.5 Å². The van der Waals surface area contributed by atoms with Gasteiger partial charge in [0.25, 0.3) is 0 Å². The van der Waals surface area contributed by atoms with Crippen molar-refractivity contribution in [2.75, 3.05) is 25.6 Å². The summed E-state index contributed by atoms with van der Waals surface area (Å²) < 4.78 is 5.11. The van der Waals surface area contributed by atoms with Gasteiger partial charge in [-0.3, -0.25) is 14.9 Å². The van der Waals surface area contributed by atoms with Gasteiger partial charge in [0, 0.05) is 13.5 Å². The molecule has 3 aromatic rings. The number of carbonyl (C=O) groups is 3. The van der Waals surface area contributed by atoms with Gasteiger partial charge in [0.05, 0.1) is 12.1 Å². The van der Waals surface area contributed by atoms with Crippen molar-refractivity contribution in [3.8, 4) is 0 Å². The molecule has 7 nitrogen and oxygen atoms in total. The number of hydrogen-bond donors (Lipinski definition) is 3. The first-order chi connectivity index (χ1) is 20.1. The van der Waals surface area contributed by atoms with Crippen LogP contribution in [-0.2, 0) is 19.9 Å². The Labute approximate surface area is 255 Å². The molecule has 0 bridgehead atoms. The summed E-state index contributed by atoms with van der Waals surface area (Å²) in [4.78, 5) is 35.2. The van der Waals surface area contributed by atoms with Gasteiger partial charge < -0.3 is 15.4 Å². The molecule has 0 aliphatic heterocycles. The molecule has 8 heteroatoms. The van der Waals surface area contributed by atoms with E-state index in [9.17, 15) is 14.4 Å². The smallest absolute Gasteiger partial charge is 0.408 e. The van der Waals surface area contributed by atoms with E-state index in [-0.39, 0.29) is 11.7 Å². The van der Waals surface area contributed by atoms with E-state index in [1.54, 1.807) is 39.6 Å². The normalized spacial score (nSPS) is 11.9. The zero-order valence-electron chi connectivity index (χ0n) is 25.6. The second-order valence-corrected chi connectivity index (χ2v) is 11.7. The molecular formula is C34H45N3O4S. The van der Waals surface area contributed by atoms with Crippen LogP contribution in [0.2, 0.25) is 0 Å². The number of likely N-dealkylation sites (N-methyl/N-ethyl adjacent to an activating group) is 1. The van der Waals surface area contributed by atoms with Gasteiger partial charge in [0.15, 0.2) is 0 Å². The highest BCUT2D eigenvalue weighted by atomic mass is 32.2. The summed E-state index contributed by atoms with van der Waals surface area (Å²) in [6.45, 7) is 7.57. The van der Waals surface area contributed by atoms with E-state index < -0.39 is 23.3 Å². The van der Waals surface area contributed by atoms with Gasteiger partial charge in [0.1, 0.15) is 17.4 Å². The van der Waals surface area contributed by atoms with Crippen molar-refractivity contribution in [2.45, 2.75) is 57.7 Å². The Balaban J connectivity index is 0.000000319. The summed E-state index contributed by atoms with van der Waals surface area (Å²) in [5.74, 6) is 0.797. The Morgan fingerprint density at radius 1 is 0.810 bits per heavy atom. The zero-order chi connectivity index (χ0) is 31.0. The lowest BCUT2D eigenvalue weighted by atomic mass is 9.77. The zero-order valence-corrected chi connectivity index (χ0v) is 26.4. The maximum absolute atomic E-state index is 12.1. The van der Waals surface area contributed by atoms with E-state index in [0.717, 1.165) is 22.4 Å². The highest BCUT2D eigenvalue weighted by Crippen LogP contribution is 2.36. The van der Waals surface area contributed by atoms with Crippen molar-refractivity contribution in [3.05, 3.63) is 108 Å². The second kappa shape index (κ2) is 17.4. The molecule has 0 heterocycles. The quantitative estimate of drug-likeness (QED) is 0.226. The molecular weight excluding hydrogens is 546 g/mol. The van der Waals surface area contributed by atoms with Gasteiger partial charge in [-0.05, 0) is 55.9 Å². The number of ether oxygens (including phenoxy) is 1. The van der Waals surface area contributed by atoms with Crippen LogP contribution in [-0.4, -0.2) is 55.0 Å². The van der Waals surface area contributed by atoms with Gasteiger partial charge in [-0.25, -0.2) is 4.79 Å². The van der Waals surface area contributed by atoms with Gasteiger partial charge in [0.2, 0.25) is 5.91 Å². The van der Waals surface area contributed by atoms with Crippen LogP contribution in [0.15, 0.2) is 91.0 Å². The molecule has 0 spiro atoms. The Hall–Kier alpha value is -3.62. The van der Waals surface area contributed by atoms with Crippen LogP contribution in [0.5, 0.6) is 0 Å². The number of alkyl carbamates (subject to hydrolysis) is 1. The SMILES string of the molecule is CCC(=O)CNC(c1ccccc1)(c1ccccc1)c1ccccc1.CNC(=O)[C@H](CCSC)NC(=O)OC(C)(C)C. The molecule has 3 aromatic carbocycles. The van der Waals surface area contributed by atoms with Crippen LogP contribution in [0.1, 0.15) is 57.2 Å².